The predicted molar refractivity (Wildman–Crippen MR) is 162 cm³/mol. The second-order valence-electron chi connectivity index (χ2n) is 10.5. The van der Waals surface area contributed by atoms with Crippen LogP contribution >= 0.6 is 0 Å². The summed E-state index contributed by atoms with van der Waals surface area (Å²) >= 11 is 0. The van der Waals surface area contributed by atoms with Gasteiger partial charge >= 0.3 is 0 Å². The molecule has 1 saturated heterocycles. The van der Waals surface area contributed by atoms with Crippen molar-refractivity contribution in [3.05, 3.63) is 119 Å². The standard InChI is InChI=1S/C35H30N4O4/c1-24-31(34(40)38(35(41)32(24)20-36)22-30-13-8-18-42-30)19-27-21-39(28-11-6-3-7-12-28)37-33(27)26-14-16-29(17-15-26)43-23-25-9-4-2-5-10-25/h2-7,9-12,14-17,19,21,30H,8,13,18,22-23H2,1H3/b31-19+. The third-order valence-corrected chi connectivity index (χ3v) is 7.67. The van der Waals surface area contributed by atoms with E-state index in [1.165, 1.54) is 0 Å². The Morgan fingerprint density at radius 2 is 1.72 bits per heavy atom. The van der Waals surface area contributed by atoms with E-state index in [1.54, 1.807) is 17.7 Å². The van der Waals surface area contributed by atoms with Gasteiger partial charge in [0.25, 0.3) is 11.8 Å². The number of nitrogens with zero attached hydrogens (tertiary/aromatic N) is 4. The van der Waals surface area contributed by atoms with E-state index in [2.05, 4.69) is 0 Å². The Bertz CT molecular complexity index is 1740. The van der Waals surface area contributed by atoms with E-state index < -0.39 is 11.8 Å². The fourth-order valence-corrected chi connectivity index (χ4v) is 5.32. The SMILES string of the molecule is CC1=C(C#N)C(=O)N(CC2CCCO2)C(=O)/C1=C/c1cn(-c2ccccc2)nc1-c1ccc(OCc2ccccc2)cc1. The van der Waals surface area contributed by atoms with E-state index in [9.17, 15) is 14.9 Å². The molecule has 1 atom stereocenters. The smallest absolute Gasteiger partial charge is 0.271 e. The van der Waals surface area contributed by atoms with Gasteiger partial charge in [-0.2, -0.15) is 10.4 Å². The fraction of sp³-hybridized carbons (Fsp3) is 0.200. The predicted octanol–water partition coefficient (Wildman–Crippen LogP) is 5.89. The average molecular weight is 571 g/mol. The Balaban J connectivity index is 1.37. The molecule has 0 spiro atoms. The molecule has 3 heterocycles. The van der Waals surface area contributed by atoms with Gasteiger partial charge in [0.15, 0.2) is 0 Å². The summed E-state index contributed by atoms with van der Waals surface area (Å²) < 4.78 is 13.4. The maximum atomic E-state index is 13.8. The topological polar surface area (TPSA) is 97.5 Å². The highest BCUT2D eigenvalue weighted by atomic mass is 16.5. The molecule has 6 rings (SSSR count). The quantitative estimate of drug-likeness (QED) is 0.194. The van der Waals surface area contributed by atoms with Crippen LogP contribution < -0.4 is 4.74 Å². The molecule has 0 bridgehead atoms. The molecule has 2 amide bonds. The lowest BCUT2D eigenvalue weighted by molar-refractivity contribution is -0.142. The molecule has 4 aromatic rings. The molecule has 0 aliphatic carbocycles. The first-order chi connectivity index (χ1) is 21.0. The number of amides is 2. The fourth-order valence-electron chi connectivity index (χ4n) is 5.32. The van der Waals surface area contributed by atoms with E-state index in [0.29, 0.717) is 30.0 Å². The lowest BCUT2D eigenvalue weighted by Gasteiger charge is -2.29. The first kappa shape index (κ1) is 27.9. The largest absolute Gasteiger partial charge is 0.489 e. The molecule has 8 nitrogen and oxygen atoms in total. The second-order valence-corrected chi connectivity index (χ2v) is 10.5. The van der Waals surface area contributed by atoms with Crippen molar-refractivity contribution in [3.63, 3.8) is 0 Å². The molecular formula is C35H30N4O4. The molecule has 1 fully saturated rings. The zero-order valence-electron chi connectivity index (χ0n) is 23.8. The van der Waals surface area contributed by atoms with Crippen LogP contribution in [0, 0.1) is 11.3 Å². The first-order valence-corrected chi connectivity index (χ1v) is 14.2. The van der Waals surface area contributed by atoms with Crippen molar-refractivity contribution in [2.45, 2.75) is 32.5 Å². The second kappa shape index (κ2) is 12.3. The van der Waals surface area contributed by atoms with Gasteiger partial charge in [0, 0.05) is 29.5 Å². The van der Waals surface area contributed by atoms with Crippen molar-refractivity contribution in [2.75, 3.05) is 13.2 Å². The van der Waals surface area contributed by atoms with Crippen LogP contribution in [0.2, 0.25) is 0 Å². The third kappa shape index (κ3) is 5.89. The molecule has 2 aliphatic heterocycles. The van der Waals surface area contributed by atoms with Gasteiger partial charge in [-0.3, -0.25) is 14.5 Å². The van der Waals surface area contributed by atoms with Crippen molar-refractivity contribution in [2.24, 2.45) is 0 Å². The maximum absolute atomic E-state index is 13.8. The van der Waals surface area contributed by atoms with Crippen LogP contribution in [0.4, 0.5) is 0 Å². The molecule has 43 heavy (non-hydrogen) atoms. The number of imide groups is 1. The minimum Gasteiger partial charge on any atom is -0.489 e. The molecule has 0 radical (unpaired) electrons. The number of rotatable bonds is 8. The van der Waals surface area contributed by atoms with Crippen molar-refractivity contribution < 1.29 is 19.1 Å². The summed E-state index contributed by atoms with van der Waals surface area (Å²) in [6.07, 6.45) is 4.99. The van der Waals surface area contributed by atoms with Crippen LogP contribution in [0.1, 0.15) is 30.9 Å². The number of carbonyl (C=O) groups is 2. The number of nitriles is 1. The highest BCUT2D eigenvalue weighted by Crippen LogP contribution is 2.32. The van der Waals surface area contributed by atoms with Gasteiger partial charge in [-0.1, -0.05) is 48.5 Å². The lowest BCUT2D eigenvalue weighted by atomic mass is 9.93. The van der Waals surface area contributed by atoms with Gasteiger partial charge < -0.3 is 9.47 Å². The minimum absolute atomic E-state index is 0.0410. The third-order valence-electron chi connectivity index (χ3n) is 7.67. The van der Waals surface area contributed by atoms with E-state index in [4.69, 9.17) is 14.6 Å². The molecule has 8 heteroatoms. The minimum atomic E-state index is -0.580. The lowest BCUT2D eigenvalue weighted by Crippen LogP contribution is -2.46. The number of hydrogen-bond donors (Lipinski definition) is 0. The Labute approximate surface area is 250 Å². The summed E-state index contributed by atoms with van der Waals surface area (Å²) in [4.78, 5) is 28.0. The number of para-hydroxylation sites is 1. The van der Waals surface area contributed by atoms with Crippen molar-refractivity contribution in [3.8, 4) is 28.8 Å². The zero-order chi connectivity index (χ0) is 29.8. The summed E-state index contributed by atoms with van der Waals surface area (Å²) in [6.45, 7) is 2.82. The number of hydrogen-bond acceptors (Lipinski definition) is 6. The Hall–Kier alpha value is -5.26. The number of carbonyl (C=O) groups excluding carboxylic acids is 2. The summed E-state index contributed by atoms with van der Waals surface area (Å²) in [7, 11) is 0. The Morgan fingerprint density at radius 3 is 2.40 bits per heavy atom. The molecule has 1 aromatic heterocycles. The summed E-state index contributed by atoms with van der Waals surface area (Å²) in [6, 6.07) is 29.3. The molecule has 1 unspecified atom stereocenters. The highest BCUT2D eigenvalue weighted by molar-refractivity contribution is 6.19. The number of ether oxygens (including phenoxy) is 2. The maximum Gasteiger partial charge on any atom is 0.271 e. The molecule has 214 valence electrons. The van der Waals surface area contributed by atoms with Gasteiger partial charge in [-0.05, 0) is 73.4 Å². The summed E-state index contributed by atoms with van der Waals surface area (Å²) in [5.41, 5.74) is 4.67. The van der Waals surface area contributed by atoms with Gasteiger partial charge in [-0.25, -0.2) is 4.68 Å². The first-order valence-electron chi connectivity index (χ1n) is 14.2. The van der Waals surface area contributed by atoms with Gasteiger partial charge in [0.1, 0.15) is 24.0 Å². The van der Waals surface area contributed by atoms with Crippen molar-refractivity contribution >= 4 is 17.9 Å². The normalized spacial score (nSPS) is 17.9. The zero-order valence-corrected chi connectivity index (χ0v) is 23.8. The molecule has 2 aliphatic rings. The van der Waals surface area contributed by atoms with Gasteiger partial charge in [-0.15, -0.1) is 0 Å². The number of aromatic nitrogens is 2. The highest BCUT2D eigenvalue weighted by Gasteiger charge is 2.37. The molecular weight excluding hydrogens is 540 g/mol. The van der Waals surface area contributed by atoms with E-state index in [0.717, 1.165) is 40.3 Å². The van der Waals surface area contributed by atoms with Crippen LogP contribution in [0.3, 0.4) is 0 Å². The molecule has 0 saturated carbocycles. The van der Waals surface area contributed by atoms with Crippen LogP contribution in [-0.2, 0) is 20.9 Å². The molecule has 3 aromatic carbocycles. The number of benzene rings is 3. The van der Waals surface area contributed by atoms with Crippen LogP contribution in [0.15, 0.2) is 108 Å². The van der Waals surface area contributed by atoms with Crippen molar-refractivity contribution in [1.29, 1.82) is 5.26 Å². The summed E-state index contributed by atoms with van der Waals surface area (Å²) in [5, 5.41) is 14.7. The van der Waals surface area contributed by atoms with E-state index >= 15 is 0 Å². The molecule has 0 N–H and O–H groups in total. The Morgan fingerprint density at radius 1 is 1.00 bits per heavy atom. The van der Waals surface area contributed by atoms with Gasteiger partial charge in [0.2, 0.25) is 0 Å². The van der Waals surface area contributed by atoms with Crippen LogP contribution in [-0.4, -0.2) is 45.8 Å². The van der Waals surface area contributed by atoms with E-state index in [1.807, 2.05) is 97.2 Å². The van der Waals surface area contributed by atoms with E-state index in [-0.39, 0.29) is 23.8 Å². The Kier molecular flexibility index (Phi) is 7.98. The van der Waals surface area contributed by atoms with Crippen LogP contribution in [0.5, 0.6) is 5.75 Å². The van der Waals surface area contributed by atoms with Crippen molar-refractivity contribution in [1.82, 2.24) is 14.7 Å². The van der Waals surface area contributed by atoms with Gasteiger partial charge in [0.05, 0.1) is 24.0 Å². The summed E-state index contributed by atoms with van der Waals surface area (Å²) in [5.74, 6) is -0.304. The average Bonchev–Trinajstić information content (AvgIpc) is 3.72. The van der Waals surface area contributed by atoms with Crippen LogP contribution in [0.25, 0.3) is 23.0 Å². The monoisotopic (exact) mass is 570 g/mol.